The van der Waals surface area contributed by atoms with Crippen molar-refractivity contribution >= 4 is 11.9 Å². The van der Waals surface area contributed by atoms with Gasteiger partial charge < -0.3 is 52.5 Å². The average molecular weight is 1030 g/mol. The first-order valence-electron chi connectivity index (χ1n) is 24.9. The number of carbonyl (C=O) groups is 2. The minimum absolute atomic E-state index is 0.0198. The molecule has 4 aromatic carbocycles. The Bertz CT molecular complexity index is 2580. The van der Waals surface area contributed by atoms with Gasteiger partial charge in [0.15, 0.2) is 25.0 Å². The highest BCUT2D eigenvalue weighted by molar-refractivity contribution is 5.89. The van der Waals surface area contributed by atoms with Crippen molar-refractivity contribution in [1.29, 1.82) is 0 Å². The van der Waals surface area contributed by atoms with Gasteiger partial charge in [0.2, 0.25) is 0 Å². The Hall–Kier alpha value is -6.61. The SMILES string of the molecule is COC(=O)CCCCC[C@]1(C)O[C@H](O[C@@H]2[C@@H](O[C@H]3O[C@H](C)[C@@H](N=[N+]=[N-])[C@H](OCc4ccccc4)[C@@H]3O)O[C@H](C)[C@@H](N=[N+]=[N-])[C@@H]2OCc2ccccc2)[C@@H](OC(=O)c2ccccc2)[C@@H](OCc2ccccc2)[C@@H]1N=[N+]=[N-]. The van der Waals surface area contributed by atoms with Gasteiger partial charge in [0.25, 0.3) is 0 Å². The van der Waals surface area contributed by atoms with Crippen LogP contribution in [-0.4, -0.2) is 116 Å². The fraction of sp³-hybridized carbons (Fsp3) is 0.509. The third-order valence-electron chi connectivity index (χ3n) is 13.5. The van der Waals surface area contributed by atoms with Gasteiger partial charge >= 0.3 is 11.9 Å². The highest BCUT2D eigenvalue weighted by Crippen LogP contribution is 2.42. The molecular formula is C53H63N9O13. The molecule has 0 aliphatic carbocycles. The number of hydrogen-bond donors (Lipinski definition) is 1. The van der Waals surface area contributed by atoms with Crippen LogP contribution < -0.4 is 0 Å². The summed E-state index contributed by atoms with van der Waals surface area (Å²) in [5.74, 6) is -1.14. The zero-order chi connectivity index (χ0) is 53.2. The Morgan fingerprint density at radius 1 is 0.600 bits per heavy atom. The normalized spacial score (nSPS) is 30.4. The number of nitrogens with zero attached hydrogens (tertiary/aromatic N) is 9. The van der Waals surface area contributed by atoms with Crippen molar-refractivity contribution in [2.24, 2.45) is 15.3 Å². The highest BCUT2D eigenvalue weighted by Gasteiger charge is 2.58. The van der Waals surface area contributed by atoms with Crippen LogP contribution in [0, 0.1) is 0 Å². The molecular weight excluding hydrogens is 971 g/mol. The number of ether oxygens (including phenoxy) is 10. The second kappa shape index (κ2) is 27.8. The summed E-state index contributed by atoms with van der Waals surface area (Å²) in [5, 5.41) is 24.5. The van der Waals surface area contributed by atoms with E-state index >= 15 is 0 Å². The Labute approximate surface area is 434 Å². The Kier molecular flexibility index (Phi) is 20.8. The number of esters is 2. The van der Waals surface area contributed by atoms with E-state index in [9.17, 15) is 31.3 Å². The van der Waals surface area contributed by atoms with Gasteiger partial charge in [0.05, 0.1) is 74.5 Å². The lowest BCUT2D eigenvalue weighted by Gasteiger charge is -2.52. The summed E-state index contributed by atoms with van der Waals surface area (Å²) < 4.78 is 64.6. The Morgan fingerprint density at radius 3 is 1.63 bits per heavy atom. The van der Waals surface area contributed by atoms with Crippen LogP contribution in [0.3, 0.4) is 0 Å². The number of unbranched alkanes of at least 4 members (excludes halogenated alkanes) is 2. The van der Waals surface area contributed by atoms with Crippen molar-refractivity contribution in [3.8, 4) is 0 Å². The van der Waals surface area contributed by atoms with Crippen LogP contribution in [0.4, 0.5) is 0 Å². The van der Waals surface area contributed by atoms with E-state index in [1.807, 2.05) is 91.0 Å². The van der Waals surface area contributed by atoms with Gasteiger partial charge in [-0.2, -0.15) is 0 Å². The zero-order valence-corrected chi connectivity index (χ0v) is 42.2. The number of aliphatic hydroxyl groups is 1. The quantitative estimate of drug-likeness (QED) is 0.0225. The molecule has 0 radical (unpaired) electrons. The van der Waals surface area contributed by atoms with Gasteiger partial charge in [-0.15, -0.1) is 0 Å². The molecule has 3 fully saturated rings. The smallest absolute Gasteiger partial charge is 0.338 e. The van der Waals surface area contributed by atoms with Crippen LogP contribution in [0.1, 0.15) is 79.9 Å². The zero-order valence-electron chi connectivity index (χ0n) is 42.2. The van der Waals surface area contributed by atoms with Crippen LogP contribution in [0.25, 0.3) is 31.3 Å². The van der Waals surface area contributed by atoms with Crippen LogP contribution >= 0.6 is 0 Å². The molecule has 0 saturated carbocycles. The number of benzene rings is 4. The second-order valence-electron chi connectivity index (χ2n) is 18.6. The van der Waals surface area contributed by atoms with Crippen molar-refractivity contribution < 1.29 is 62.1 Å². The first-order chi connectivity index (χ1) is 36.5. The average Bonchev–Trinajstić information content (AvgIpc) is 3.42. The summed E-state index contributed by atoms with van der Waals surface area (Å²) in [7, 11) is 1.32. The predicted octanol–water partition coefficient (Wildman–Crippen LogP) is 9.50. The molecule has 7 rings (SSSR count). The third-order valence-corrected chi connectivity index (χ3v) is 13.5. The van der Waals surface area contributed by atoms with Gasteiger partial charge in [-0.1, -0.05) is 137 Å². The van der Waals surface area contributed by atoms with E-state index in [4.69, 9.17) is 47.4 Å². The third kappa shape index (κ3) is 14.8. The molecule has 3 aliphatic heterocycles. The number of methoxy groups -OCH3 is 1. The molecule has 0 aromatic heterocycles. The van der Waals surface area contributed by atoms with Crippen molar-refractivity contribution in [3.63, 3.8) is 0 Å². The van der Waals surface area contributed by atoms with Crippen LogP contribution in [0.2, 0.25) is 0 Å². The summed E-state index contributed by atoms with van der Waals surface area (Å²) in [6.07, 6.45) is -12.7. The Balaban J connectivity index is 1.32. The second-order valence-corrected chi connectivity index (χ2v) is 18.6. The van der Waals surface area contributed by atoms with E-state index in [-0.39, 0.29) is 44.2 Å². The topological polar surface area (TPSA) is 293 Å². The lowest BCUT2D eigenvalue weighted by atomic mass is 9.82. The molecule has 0 spiro atoms. The summed E-state index contributed by atoms with van der Waals surface area (Å²) in [6, 6.07) is 32.7. The van der Waals surface area contributed by atoms with E-state index in [1.54, 1.807) is 51.1 Å². The van der Waals surface area contributed by atoms with E-state index in [2.05, 4.69) is 30.1 Å². The molecule has 22 nitrogen and oxygen atoms in total. The molecule has 0 amide bonds. The van der Waals surface area contributed by atoms with Gasteiger partial charge in [0.1, 0.15) is 24.4 Å². The molecule has 0 unspecified atom stereocenters. The number of rotatable bonds is 24. The van der Waals surface area contributed by atoms with Crippen LogP contribution in [0.15, 0.2) is 137 Å². The van der Waals surface area contributed by atoms with Crippen LogP contribution in [0.5, 0.6) is 0 Å². The summed E-state index contributed by atoms with van der Waals surface area (Å²) >= 11 is 0. The first-order valence-corrected chi connectivity index (χ1v) is 24.9. The largest absolute Gasteiger partial charge is 0.469 e. The maximum atomic E-state index is 14.3. The number of azide groups is 3. The standard InChI is InChI=1S/C53H63N9O13/c1-33-40(57-60-54)43(67-30-35-20-10-5-11-21-35)42(64)50(70-33)74-51-46(44(41(58-61-55)34(2)71-51)68-31-36-22-12-6-13-23-36)73-52-47(72-49(65)38-26-16-8-17-27-38)45(69-32-37-24-14-7-15-25-37)48(59-62-56)53(3,75-52)29-19-9-18-28-39(63)66-4/h5-8,10-17,20-27,33-34,40-48,50-52,64H,9,18-19,28-32H2,1-4H3/t33-,34-,40-,41-,42+,43+,44+,45-,46+,47+,48+,50-,51-,52+,53+/m1/s1. The number of aliphatic hydroxyl groups excluding tert-OH is 1. The number of carbonyl (C=O) groups excluding carboxylic acids is 2. The monoisotopic (exact) mass is 1030 g/mol. The maximum absolute atomic E-state index is 14.3. The molecule has 22 heteroatoms. The van der Waals surface area contributed by atoms with Crippen molar-refractivity contribution in [3.05, 3.63) is 175 Å². The minimum Gasteiger partial charge on any atom is -0.469 e. The first kappa shape index (κ1) is 56.1. The maximum Gasteiger partial charge on any atom is 0.338 e. The van der Waals surface area contributed by atoms with Crippen molar-refractivity contribution in [1.82, 2.24) is 0 Å². The molecule has 75 heavy (non-hydrogen) atoms. The number of hydrogen-bond acceptors (Lipinski definition) is 16. The van der Waals surface area contributed by atoms with E-state index in [1.165, 1.54) is 7.11 Å². The van der Waals surface area contributed by atoms with Gasteiger partial charge in [-0.05, 0) is 79.0 Å². The summed E-state index contributed by atoms with van der Waals surface area (Å²) in [4.78, 5) is 35.8. The van der Waals surface area contributed by atoms with Gasteiger partial charge in [0, 0.05) is 21.2 Å². The molecule has 0 bridgehead atoms. The Morgan fingerprint density at radius 2 is 1.09 bits per heavy atom. The molecule has 1 N–H and O–H groups in total. The fourth-order valence-corrected chi connectivity index (χ4v) is 9.50. The molecule has 3 heterocycles. The lowest BCUT2D eigenvalue weighted by molar-refractivity contribution is -0.392. The molecule has 15 atom stereocenters. The molecule has 4 aromatic rings. The molecule has 3 aliphatic rings. The molecule has 3 saturated heterocycles. The van der Waals surface area contributed by atoms with Crippen molar-refractivity contribution in [2.75, 3.05) is 7.11 Å². The fourth-order valence-electron chi connectivity index (χ4n) is 9.50. The van der Waals surface area contributed by atoms with Gasteiger partial charge in [-0.25, -0.2) is 4.79 Å². The van der Waals surface area contributed by atoms with E-state index in [0.717, 1.165) is 16.7 Å². The predicted molar refractivity (Wildman–Crippen MR) is 269 cm³/mol. The van der Waals surface area contributed by atoms with Crippen molar-refractivity contribution in [2.45, 2.75) is 164 Å². The lowest BCUT2D eigenvalue weighted by Crippen LogP contribution is -2.68. The summed E-state index contributed by atoms with van der Waals surface area (Å²) in [6.45, 7) is 5.04. The summed E-state index contributed by atoms with van der Waals surface area (Å²) in [5.41, 5.74) is 30.9. The minimum atomic E-state index is -1.61. The van der Waals surface area contributed by atoms with Gasteiger partial charge in [-0.3, -0.25) is 4.79 Å². The highest BCUT2D eigenvalue weighted by atomic mass is 16.8. The van der Waals surface area contributed by atoms with Crippen LogP contribution in [-0.2, 0) is 72.0 Å². The molecule has 398 valence electrons. The van der Waals surface area contributed by atoms with E-state index < -0.39 is 97.4 Å². The van der Waals surface area contributed by atoms with E-state index in [0.29, 0.717) is 19.3 Å².